The van der Waals surface area contributed by atoms with Gasteiger partial charge in [-0.05, 0) is 47.5 Å². The molecule has 0 aliphatic heterocycles. The van der Waals surface area contributed by atoms with Crippen molar-refractivity contribution in [2.24, 2.45) is 0 Å². The van der Waals surface area contributed by atoms with Crippen molar-refractivity contribution in [1.29, 1.82) is 10.5 Å². The zero-order chi connectivity index (χ0) is 23.8. The van der Waals surface area contributed by atoms with Gasteiger partial charge < -0.3 is 9.84 Å². The van der Waals surface area contributed by atoms with Crippen LogP contribution in [0.4, 0.5) is 19.3 Å². The normalized spacial score (nSPS) is 10.2. The van der Waals surface area contributed by atoms with Gasteiger partial charge in [-0.2, -0.15) is 10.5 Å². The zero-order valence-corrected chi connectivity index (χ0v) is 17.3. The number of nitrogens with zero attached hydrogens (tertiary/aromatic N) is 4. The SMILES string of the molecule is N#Cc1ccc(COc2c(CF)ncc(CN(C(=O)O)c3ccc(C#N)cc3)c2CF)cc1. The first-order valence-corrected chi connectivity index (χ1v) is 9.74. The Labute approximate surface area is 188 Å². The molecule has 7 nitrogen and oxygen atoms in total. The third-order valence-corrected chi connectivity index (χ3v) is 4.89. The number of pyridine rings is 1. The second-order valence-corrected chi connectivity index (χ2v) is 6.93. The molecule has 0 unspecified atom stereocenters. The maximum atomic E-state index is 14.1. The van der Waals surface area contributed by atoms with Gasteiger partial charge in [-0.15, -0.1) is 0 Å². The number of hydrogen-bond donors (Lipinski definition) is 1. The molecule has 3 aromatic rings. The number of benzene rings is 2. The highest BCUT2D eigenvalue weighted by Gasteiger charge is 2.22. The van der Waals surface area contributed by atoms with Crippen LogP contribution in [0.15, 0.2) is 54.7 Å². The largest absolute Gasteiger partial charge is 0.486 e. The van der Waals surface area contributed by atoms with Gasteiger partial charge in [-0.3, -0.25) is 9.88 Å². The highest BCUT2D eigenvalue weighted by Crippen LogP contribution is 2.30. The second-order valence-electron chi connectivity index (χ2n) is 6.93. The molecular weight excluding hydrogens is 430 g/mol. The summed E-state index contributed by atoms with van der Waals surface area (Å²) in [6.45, 7) is -2.29. The maximum Gasteiger partial charge on any atom is 0.412 e. The summed E-state index contributed by atoms with van der Waals surface area (Å²) in [5, 5.41) is 27.5. The molecule has 0 aliphatic carbocycles. The first kappa shape index (κ1) is 23.2. The van der Waals surface area contributed by atoms with Gasteiger partial charge in [0.2, 0.25) is 0 Å². The number of carboxylic acid groups (broad SMARTS) is 1. The summed E-state index contributed by atoms with van der Waals surface area (Å²) in [7, 11) is 0. The smallest absolute Gasteiger partial charge is 0.412 e. The van der Waals surface area contributed by atoms with E-state index in [1.165, 1.54) is 30.5 Å². The molecule has 3 rings (SSSR count). The Morgan fingerprint density at radius 1 is 1.00 bits per heavy atom. The summed E-state index contributed by atoms with van der Waals surface area (Å²) in [5.74, 6) is -0.0768. The van der Waals surface area contributed by atoms with E-state index in [1.54, 1.807) is 24.3 Å². The van der Waals surface area contributed by atoms with Crippen molar-refractivity contribution >= 4 is 11.8 Å². The average Bonchev–Trinajstić information content (AvgIpc) is 2.85. The number of anilines is 1. The number of alkyl halides is 2. The van der Waals surface area contributed by atoms with Crippen LogP contribution in [0.1, 0.15) is 33.5 Å². The number of nitriles is 2. The Kier molecular flexibility index (Phi) is 7.51. The van der Waals surface area contributed by atoms with Crippen molar-refractivity contribution in [3.63, 3.8) is 0 Å². The van der Waals surface area contributed by atoms with Gasteiger partial charge in [-0.25, -0.2) is 13.6 Å². The molecule has 0 radical (unpaired) electrons. The van der Waals surface area contributed by atoms with Crippen molar-refractivity contribution in [2.75, 3.05) is 4.90 Å². The fraction of sp³-hybridized carbons (Fsp3) is 0.167. The quantitative estimate of drug-likeness (QED) is 0.518. The van der Waals surface area contributed by atoms with Crippen molar-refractivity contribution in [2.45, 2.75) is 26.5 Å². The van der Waals surface area contributed by atoms with E-state index < -0.39 is 19.4 Å². The molecule has 0 fully saturated rings. The van der Waals surface area contributed by atoms with Crippen molar-refractivity contribution < 1.29 is 23.4 Å². The second kappa shape index (κ2) is 10.7. The van der Waals surface area contributed by atoms with Gasteiger partial charge in [0.25, 0.3) is 0 Å². The predicted molar refractivity (Wildman–Crippen MR) is 115 cm³/mol. The number of halogens is 2. The molecule has 0 aliphatic rings. The van der Waals surface area contributed by atoms with Crippen LogP contribution in [0.5, 0.6) is 5.75 Å². The van der Waals surface area contributed by atoms with E-state index in [1.807, 2.05) is 12.1 Å². The van der Waals surface area contributed by atoms with E-state index in [0.717, 1.165) is 4.90 Å². The lowest BCUT2D eigenvalue weighted by atomic mass is 10.1. The van der Waals surface area contributed by atoms with E-state index in [0.29, 0.717) is 16.7 Å². The molecule has 1 N–H and O–H groups in total. The van der Waals surface area contributed by atoms with E-state index in [2.05, 4.69) is 4.98 Å². The topological polar surface area (TPSA) is 110 Å². The van der Waals surface area contributed by atoms with Crippen LogP contribution in [0.3, 0.4) is 0 Å². The van der Waals surface area contributed by atoms with Gasteiger partial charge in [0.05, 0.1) is 29.8 Å². The number of hydrogen-bond acceptors (Lipinski definition) is 5. The number of rotatable bonds is 8. The molecule has 0 bridgehead atoms. The highest BCUT2D eigenvalue weighted by molar-refractivity contribution is 5.86. The minimum Gasteiger partial charge on any atom is -0.486 e. The molecule has 0 saturated heterocycles. The predicted octanol–water partition coefficient (Wildman–Crippen LogP) is 5.03. The molecule has 0 spiro atoms. The third-order valence-electron chi connectivity index (χ3n) is 4.89. The Morgan fingerprint density at radius 3 is 2.12 bits per heavy atom. The van der Waals surface area contributed by atoms with Crippen LogP contribution in [-0.2, 0) is 26.5 Å². The van der Waals surface area contributed by atoms with Gasteiger partial charge >= 0.3 is 6.09 Å². The highest BCUT2D eigenvalue weighted by atomic mass is 19.1. The van der Waals surface area contributed by atoms with Crippen LogP contribution < -0.4 is 9.64 Å². The average molecular weight is 448 g/mol. The maximum absolute atomic E-state index is 14.1. The van der Waals surface area contributed by atoms with Crippen LogP contribution in [0.25, 0.3) is 0 Å². The molecule has 0 saturated carbocycles. The molecule has 1 aromatic heterocycles. The minimum absolute atomic E-state index is 0.00573. The van der Waals surface area contributed by atoms with Gasteiger partial charge in [0, 0.05) is 17.4 Å². The fourth-order valence-electron chi connectivity index (χ4n) is 3.15. The summed E-state index contributed by atoms with van der Waals surface area (Å²) < 4.78 is 33.3. The van der Waals surface area contributed by atoms with E-state index in [9.17, 15) is 18.7 Å². The van der Waals surface area contributed by atoms with Crippen molar-refractivity contribution in [3.05, 3.63) is 88.2 Å². The van der Waals surface area contributed by atoms with Gasteiger partial charge in [0.15, 0.2) is 0 Å². The Morgan fingerprint density at radius 2 is 1.61 bits per heavy atom. The summed E-state index contributed by atoms with van der Waals surface area (Å²) in [5.41, 5.74) is 1.91. The summed E-state index contributed by atoms with van der Waals surface area (Å²) >= 11 is 0. The lowest BCUT2D eigenvalue weighted by molar-refractivity contribution is 0.201. The number of ether oxygens (including phenoxy) is 1. The molecular formula is C24H18F2N4O3. The fourth-order valence-corrected chi connectivity index (χ4v) is 3.15. The van der Waals surface area contributed by atoms with Crippen LogP contribution in [0.2, 0.25) is 0 Å². The monoisotopic (exact) mass is 448 g/mol. The minimum atomic E-state index is -1.29. The molecule has 0 atom stereocenters. The number of carbonyl (C=O) groups is 1. The summed E-state index contributed by atoms with van der Waals surface area (Å²) in [4.78, 5) is 16.8. The zero-order valence-electron chi connectivity index (χ0n) is 17.3. The third kappa shape index (κ3) is 5.41. The first-order valence-electron chi connectivity index (χ1n) is 9.74. The summed E-state index contributed by atoms with van der Waals surface area (Å²) in [6, 6.07) is 16.3. The van der Waals surface area contributed by atoms with Gasteiger partial charge in [-0.1, -0.05) is 12.1 Å². The van der Waals surface area contributed by atoms with Crippen LogP contribution in [0, 0.1) is 22.7 Å². The van der Waals surface area contributed by atoms with Crippen LogP contribution >= 0.6 is 0 Å². The van der Waals surface area contributed by atoms with Crippen LogP contribution in [-0.4, -0.2) is 16.2 Å². The molecule has 9 heteroatoms. The molecule has 1 amide bonds. The molecule has 2 aromatic carbocycles. The number of aromatic nitrogens is 1. The Bertz CT molecular complexity index is 1220. The summed E-state index contributed by atoms with van der Waals surface area (Å²) in [6.07, 6.45) is -0.0584. The van der Waals surface area contributed by atoms with Gasteiger partial charge in [0.1, 0.15) is 31.4 Å². The number of amides is 1. The Hall–Kier alpha value is -4.50. The van der Waals surface area contributed by atoms with E-state index in [4.69, 9.17) is 15.3 Å². The molecule has 33 heavy (non-hydrogen) atoms. The van der Waals surface area contributed by atoms with E-state index in [-0.39, 0.29) is 41.4 Å². The lowest BCUT2D eigenvalue weighted by Gasteiger charge is -2.22. The van der Waals surface area contributed by atoms with Crippen molar-refractivity contribution in [3.8, 4) is 17.9 Å². The van der Waals surface area contributed by atoms with Crippen molar-refractivity contribution in [1.82, 2.24) is 4.98 Å². The molecule has 1 heterocycles. The molecule has 166 valence electrons. The first-order chi connectivity index (χ1) is 16.0. The standard InChI is InChI=1S/C24H18F2N4O3/c25-9-21-19(14-30(24(31)32)20-7-5-17(12-28)6-8-20)13-29-22(10-26)23(21)33-15-18-3-1-16(11-27)2-4-18/h1-8,13H,9-10,14-15H2,(H,31,32). The lowest BCUT2D eigenvalue weighted by Crippen LogP contribution is -2.29. The Balaban J connectivity index is 1.91. The van der Waals surface area contributed by atoms with E-state index >= 15 is 0 Å².